The highest BCUT2D eigenvalue weighted by Gasteiger charge is 2.16. The summed E-state index contributed by atoms with van der Waals surface area (Å²) in [5.74, 6) is 0. The zero-order chi connectivity index (χ0) is 11.7. The van der Waals surface area contributed by atoms with Gasteiger partial charge in [-0.15, -0.1) is 0 Å². The normalized spacial score (nSPS) is 13.6. The Bertz CT molecular complexity index is 585. The maximum Gasteiger partial charge on any atom is 0.0659 e. The van der Waals surface area contributed by atoms with Crippen molar-refractivity contribution in [1.82, 2.24) is 0 Å². The lowest BCUT2D eigenvalue weighted by Gasteiger charge is -2.26. The largest absolute Gasteiger partial charge is 0.234 e. The van der Waals surface area contributed by atoms with Gasteiger partial charge in [-0.2, -0.15) is 5.10 Å². The number of rotatable bonds is 1. The highest BCUT2D eigenvalue weighted by atomic mass is 15.5. The van der Waals surface area contributed by atoms with E-state index in [2.05, 4.69) is 17.7 Å². The summed E-state index contributed by atoms with van der Waals surface area (Å²) in [7, 11) is 0. The molecule has 2 heteroatoms. The molecule has 0 fully saturated rings. The first-order valence-electron chi connectivity index (χ1n) is 5.54. The first kappa shape index (κ1) is 9.85. The van der Waals surface area contributed by atoms with E-state index in [0.717, 1.165) is 22.5 Å². The number of benzene rings is 2. The molecule has 0 bridgehead atoms. The van der Waals surface area contributed by atoms with Gasteiger partial charge in [-0.1, -0.05) is 49.0 Å². The lowest BCUT2D eigenvalue weighted by molar-refractivity contribution is 1.09. The number of para-hydroxylation sites is 1. The molecule has 2 aromatic carbocycles. The number of hydrogen-bond acceptors (Lipinski definition) is 2. The molecule has 0 unspecified atom stereocenters. The summed E-state index contributed by atoms with van der Waals surface area (Å²) < 4.78 is 0. The fraction of sp³-hybridized carbons (Fsp3) is 0. The average Bonchev–Trinajstić information content (AvgIpc) is 2.40. The Morgan fingerprint density at radius 1 is 0.882 bits per heavy atom. The van der Waals surface area contributed by atoms with Crippen LogP contribution in [0.15, 0.2) is 66.3 Å². The molecular weight excluding hydrogens is 208 g/mol. The Morgan fingerprint density at radius 3 is 2.41 bits per heavy atom. The molecule has 82 valence electrons. The van der Waals surface area contributed by atoms with Crippen LogP contribution < -0.4 is 5.01 Å². The highest BCUT2D eigenvalue weighted by Crippen LogP contribution is 2.29. The Balaban J connectivity index is 2.06. The second-order valence-electron chi connectivity index (χ2n) is 3.93. The van der Waals surface area contributed by atoms with Crippen LogP contribution in [0.2, 0.25) is 0 Å². The Labute approximate surface area is 101 Å². The van der Waals surface area contributed by atoms with Gasteiger partial charge in [-0.25, -0.2) is 5.01 Å². The van der Waals surface area contributed by atoms with Crippen LogP contribution in [0.4, 0.5) is 5.69 Å². The van der Waals surface area contributed by atoms with Gasteiger partial charge in [0, 0.05) is 11.1 Å². The third kappa shape index (κ3) is 1.64. The lowest BCUT2D eigenvalue weighted by Crippen LogP contribution is -2.19. The van der Waals surface area contributed by atoms with E-state index >= 15 is 0 Å². The summed E-state index contributed by atoms with van der Waals surface area (Å²) >= 11 is 0. The van der Waals surface area contributed by atoms with E-state index in [1.807, 2.05) is 59.8 Å². The van der Waals surface area contributed by atoms with Crippen LogP contribution in [0, 0.1) is 0 Å². The molecule has 3 rings (SSSR count). The smallest absolute Gasteiger partial charge is 0.0659 e. The van der Waals surface area contributed by atoms with Crippen molar-refractivity contribution in [3.8, 4) is 0 Å². The van der Waals surface area contributed by atoms with E-state index in [1.165, 1.54) is 0 Å². The van der Waals surface area contributed by atoms with Crippen molar-refractivity contribution in [1.29, 1.82) is 0 Å². The number of hydrazone groups is 1. The fourth-order valence-corrected chi connectivity index (χ4v) is 1.97. The molecule has 0 saturated heterocycles. The zero-order valence-corrected chi connectivity index (χ0v) is 9.38. The van der Waals surface area contributed by atoms with Crippen molar-refractivity contribution in [2.24, 2.45) is 5.10 Å². The molecule has 1 aliphatic heterocycles. The first-order chi connectivity index (χ1) is 8.36. The van der Waals surface area contributed by atoms with Crippen LogP contribution >= 0.6 is 0 Å². The van der Waals surface area contributed by atoms with Gasteiger partial charge in [-0.3, -0.25) is 0 Å². The second-order valence-corrected chi connectivity index (χ2v) is 3.93. The molecule has 2 aromatic rings. The summed E-state index contributed by atoms with van der Waals surface area (Å²) in [6, 6.07) is 18.2. The van der Waals surface area contributed by atoms with E-state index in [1.54, 1.807) is 0 Å². The molecular formula is C15H12N2. The minimum absolute atomic E-state index is 0.911. The number of hydrogen-bond donors (Lipinski definition) is 0. The van der Waals surface area contributed by atoms with Crippen LogP contribution in [-0.4, -0.2) is 6.21 Å². The van der Waals surface area contributed by atoms with Crippen LogP contribution in [0.5, 0.6) is 0 Å². The number of anilines is 1. The lowest BCUT2D eigenvalue weighted by atomic mass is 10.0. The molecule has 0 radical (unpaired) electrons. The van der Waals surface area contributed by atoms with E-state index in [9.17, 15) is 0 Å². The predicted octanol–water partition coefficient (Wildman–Crippen LogP) is 3.51. The quantitative estimate of drug-likeness (QED) is 0.718. The van der Waals surface area contributed by atoms with Crippen LogP contribution in [-0.2, 0) is 0 Å². The molecule has 0 aliphatic carbocycles. The van der Waals surface area contributed by atoms with Gasteiger partial charge in [0.05, 0.1) is 17.6 Å². The average molecular weight is 220 g/mol. The Kier molecular flexibility index (Phi) is 2.26. The predicted molar refractivity (Wildman–Crippen MR) is 72.0 cm³/mol. The van der Waals surface area contributed by atoms with Gasteiger partial charge in [0.25, 0.3) is 0 Å². The summed E-state index contributed by atoms with van der Waals surface area (Å²) in [4.78, 5) is 0. The van der Waals surface area contributed by atoms with Gasteiger partial charge in [0.15, 0.2) is 0 Å². The number of fused-ring (bicyclic) bond motifs is 1. The third-order valence-electron chi connectivity index (χ3n) is 2.84. The molecule has 1 aliphatic rings. The van der Waals surface area contributed by atoms with Crippen molar-refractivity contribution < 1.29 is 0 Å². The van der Waals surface area contributed by atoms with Crippen molar-refractivity contribution in [3.05, 3.63) is 72.3 Å². The Morgan fingerprint density at radius 2 is 1.59 bits per heavy atom. The Hall–Kier alpha value is -2.35. The van der Waals surface area contributed by atoms with Gasteiger partial charge >= 0.3 is 0 Å². The van der Waals surface area contributed by atoms with Gasteiger partial charge < -0.3 is 0 Å². The SMILES string of the molecule is C=C1c2ccccc2C=NN1c1ccccc1. The molecule has 17 heavy (non-hydrogen) atoms. The summed E-state index contributed by atoms with van der Waals surface area (Å²) in [5, 5.41) is 6.29. The van der Waals surface area contributed by atoms with E-state index in [4.69, 9.17) is 0 Å². The zero-order valence-electron chi connectivity index (χ0n) is 9.38. The molecule has 0 spiro atoms. The minimum Gasteiger partial charge on any atom is -0.234 e. The van der Waals surface area contributed by atoms with E-state index < -0.39 is 0 Å². The summed E-state index contributed by atoms with van der Waals surface area (Å²) in [6.45, 7) is 4.13. The topological polar surface area (TPSA) is 15.6 Å². The van der Waals surface area contributed by atoms with E-state index in [0.29, 0.717) is 0 Å². The molecule has 0 aromatic heterocycles. The van der Waals surface area contributed by atoms with Crippen LogP contribution in [0.25, 0.3) is 5.70 Å². The maximum atomic E-state index is 4.43. The fourth-order valence-electron chi connectivity index (χ4n) is 1.97. The minimum atomic E-state index is 0.911. The monoisotopic (exact) mass is 220 g/mol. The molecule has 0 N–H and O–H groups in total. The standard InChI is InChI=1S/C15H12N2/c1-12-15-10-6-5-7-13(15)11-16-17(12)14-8-3-2-4-9-14/h2-11H,1H2. The summed E-state index contributed by atoms with van der Waals surface area (Å²) in [6.07, 6.45) is 1.87. The molecule has 0 atom stereocenters. The van der Waals surface area contributed by atoms with Crippen molar-refractivity contribution in [2.45, 2.75) is 0 Å². The summed E-state index contributed by atoms with van der Waals surface area (Å²) in [5.41, 5.74) is 4.19. The van der Waals surface area contributed by atoms with Crippen LogP contribution in [0.3, 0.4) is 0 Å². The molecule has 0 amide bonds. The first-order valence-corrected chi connectivity index (χ1v) is 5.54. The van der Waals surface area contributed by atoms with Crippen molar-refractivity contribution in [3.63, 3.8) is 0 Å². The van der Waals surface area contributed by atoms with Crippen molar-refractivity contribution in [2.75, 3.05) is 5.01 Å². The van der Waals surface area contributed by atoms with Crippen molar-refractivity contribution >= 4 is 17.6 Å². The number of nitrogens with zero attached hydrogens (tertiary/aromatic N) is 2. The molecule has 0 saturated carbocycles. The molecule has 2 nitrogen and oxygen atoms in total. The molecule has 1 heterocycles. The second kappa shape index (κ2) is 3.91. The van der Waals surface area contributed by atoms with Gasteiger partial charge in [-0.05, 0) is 12.1 Å². The highest BCUT2D eigenvalue weighted by molar-refractivity contribution is 5.95. The van der Waals surface area contributed by atoms with Gasteiger partial charge in [0.2, 0.25) is 0 Å². The third-order valence-corrected chi connectivity index (χ3v) is 2.84. The van der Waals surface area contributed by atoms with Gasteiger partial charge in [0.1, 0.15) is 0 Å². The van der Waals surface area contributed by atoms with Crippen LogP contribution in [0.1, 0.15) is 11.1 Å². The van der Waals surface area contributed by atoms with E-state index in [-0.39, 0.29) is 0 Å². The maximum absolute atomic E-state index is 4.43.